The Morgan fingerprint density at radius 1 is 1.44 bits per heavy atom. The second kappa shape index (κ2) is 5.25. The van der Waals surface area contributed by atoms with Crippen LogP contribution in [-0.2, 0) is 0 Å². The number of hydrogen-bond donors (Lipinski definition) is 1. The molecule has 88 valence electrons. The number of nitrogens with one attached hydrogen (secondary N) is 1. The Kier molecular flexibility index (Phi) is 3.72. The predicted octanol–water partition coefficient (Wildman–Crippen LogP) is 1.72. The van der Waals surface area contributed by atoms with Crippen LogP contribution < -0.4 is 5.32 Å². The van der Waals surface area contributed by atoms with Crippen LogP contribution in [0.1, 0.15) is 31.4 Å². The van der Waals surface area contributed by atoms with Crippen molar-refractivity contribution in [3.8, 4) is 0 Å². The van der Waals surface area contributed by atoms with Crippen molar-refractivity contribution in [2.75, 3.05) is 32.0 Å². The van der Waals surface area contributed by atoms with Crippen LogP contribution >= 0.6 is 0 Å². The van der Waals surface area contributed by atoms with Gasteiger partial charge in [0.1, 0.15) is 5.82 Å². The van der Waals surface area contributed by atoms with Gasteiger partial charge in [-0.1, -0.05) is 6.92 Å². The molecule has 0 spiro atoms. The van der Waals surface area contributed by atoms with Crippen LogP contribution in [0.25, 0.3) is 0 Å². The molecule has 0 amide bonds. The van der Waals surface area contributed by atoms with E-state index in [1.54, 1.807) is 12.4 Å². The average molecular weight is 220 g/mol. The van der Waals surface area contributed by atoms with Crippen molar-refractivity contribution in [3.63, 3.8) is 0 Å². The zero-order valence-electron chi connectivity index (χ0n) is 10.1. The van der Waals surface area contributed by atoms with Gasteiger partial charge in [-0.25, -0.2) is 4.98 Å². The lowest BCUT2D eigenvalue weighted by molar-refractivity contribution is 0.216. The first-order valence-corrected chi connectivity index (χ1v) is 6.06. The maximum absolute atomic E-state index is 4.49. The van der Waals surface area contributed by atoms with Crippen LogP contribution in [-0.4, -0.2) is 41.5 Å². The van der Waals surface area contributed by atoms with Gasteiger partial charge in [0, 0.05) is 31.9 Å². The molecule has 1 aromatic rings. The summed E-state index contributed by atoms with van der Waals surface area (Å²) < 4.78 is 0. The normalized spacial score (nSPS) is 22.0. The minimum Gasteiger partial charge on any atom is -0.372 e. The van der Waals surface area contributed by atoms with E-state index >= 15 is 0 Å². The zero-order chi connectivity index (χ0) is 11.4. The van der Waals surface area contributed by atoms with Crippen molar-refractivity contribution >= 4 is 5.82 Å². The van der Waals surface area contributed by atoms with E-state index in [9.17, 15) is 0 Å². The summed E-state index contributed by atoms with van der Waals surface area (Å²) in [4.78, 5) is 11.3. The first-order chi connectivity index (χ1) is 7.85. The minimum absolute atomic E-state index is 0.532. The van der Waals surface area contributed by atoms with Gasteiger partial charge >= 0.3 is 0 Å². The van der Waals surface area contributed by atoms with Crippen molar-refractivity contribution in [3.05, 3.63) is 18.1 Å². The molecule has 1 N–H and O–H groups in total. The molecular formula is C12H20N4. The van der Waals surface area contributed by atoms with Gasteiger partial charge < -0.3 is 10.2 Å². The summed E-state index contributed by atoms with van der Waals surface area (Å²) in [5.74, 6) is 1.47. The minimum atomic E-state index is 0.532. The molecule has 1 atom stereocenters. The molecule has 16 heavy (non-hydrogen) atoms. The van der Waals surface area contributed by atoms with Crippen molar-refractivity contribution in [1.82, 2.24) is 14.9 Å². The first kappa shape index (κ1) is 11.3. The summed E-state index contributed by atoms with van der Waals surface area (Å²) >= 11 is 0. The number of nitrogens with zero attached hydrogens (tertiary/aromatic N) is 3. The fraction of sp³-hybridized carbons (Fsp3) is 0.667. The molecule has 0 radical (unpaired) electrons. The Hall–Kier alpha value is -1.16. The first-order valence-electron chi connectivity index (χ1n) is 6.06. The molecule has 4 nitrogen and oxygen atoms in total. The molecule has 0 bridgehead atoms. The standard InChI is InChI=1S/C12H20N4/c1-3-16-8-4-5-10(9-16)11-12(13-2)15-7-6-14-11/h6-7,10H,3-5,8-9H2,1-2H3,(H,13,15). The van der Waals surface area contributed by atoms with E-state index in [1.807, 2.05) is 7.05 Å². The number of piperidine rings is 1. The molecule has 0 saturated carbocycles. The summed E-state index contributed by atoms with van der Waals surface area (Å²) in [6.07, 6.45) is 6.03. The summed E-state index contributed by atoms with van der Waals surface area (Å²) in [7, 11) is 1.91. The average Bonchev–Trinajstić information content (AvgIpc) is 2.38. The molecule has 1 fully saturated rings. The number of aromatic nitrogens is 2. The van der Waals surface area contributed by atoms with Crippen LogP contribution in [0.2, 0.25) is 0 Å². The lowest BCUT2D eigenvalue weighted by Gasteiger charge is -2.31. The molecule has 1 saturated heterocycles. The maximum Gasteiger partial charge on any atom is 0.147 e. The van der Waals surface area contributed by atoms with Gasteiger partial charge in [0.2, 0.25) is 0 Å². The second-order valence-electron chi connectivity index (χ2n) is 4.27. The number of likely N-dealkylation sites (N-methyl/N-ethyl adjacent to an activating group) is 1. The van der Waals surface area contributed by atoms with E-state index in [0.29, 0.717) is 5.92 Å². The van der Waals surface area contributed by atoms with Crippen LogP contribution in [0, 0.1) is 0 Å². The predicted molar refractivity (Wildman–Crippen MR) is 65.7 cm³/mol. The zero-order valence-corrected chi connectivity index (χ0v) is 10.1. The number of anilines is 1. The third kappa shape index (κ3) is 2.32. The summed E-state index contributed by atoms with van der Waals surface area (Å²) in [5.41, 5.74) is 1.13. The smallest absolute Gasteiger partial charge is 0.147 e. The Balaban J connectivity index is 2.16. The second-order valence-corrected chi connectivity index (χ2v) is 4.27. The fourth-order valence-electron chi connectivity index (χ4n) is 2.41. The van der Waals surface area contributed by atoms with Gasteiger partial charge in [-0.15, -0.1) is 0 Å². The van der Waals surface area contributed by atoms with E-state index in [2.05, 4.69) is 27.1 Å². The highest BCUT2D eigenvalue weighted by Crippen LogP contribution is 2.28. The number of likely N-dealkylation sites (tertiary alicyclic amines) is 1. The molecule has 2 heterocycles. The Morgan fingerprint density at radius 2 is 2.25 bits per heavy atom. The SMILES string of the molecule is CCN1CCCC(c2nccnc2NC)C1. The van der Waals surface area contributed by atoms with Crippen LogP contribution in [0.5, 0.6) is 0 Å². The Morgan fingerprint density at radius 3 is 3.00 bits per heavy atom. The Bertz CT molecular complexity index is 340. The fourth-order valence-corrected chi connectivity index (χ4v) is 2.41. The summed E-state index contributed by atoms with van der Waals surface area (Å²) in [5, 5.41) is 3.13. The van der Waals surface area contributed by atoms with Crippen LogP contribution in [0.15, 0.2) is 12.4 Å². The summed E-state index contributed by atoms with van der Waals surface area (Å²) in [6, 6.07) is 0. The van der Waals surface area contributed by atoms with Crippen molar-refractivity contribution < 1.29 is 0 Å². The molecule has 4 heteroatoms. The van der Waals surface area contributed by atoms with E-state index in [-0.39, 0.29) is 0 Å². The third-order valence-corrected chi connectivity index (χ3v) is 3.30. The molecule has 1 aliphatic heterocycles. The van der Waals surface area contributed by atoms with Crippen molar-refractivity contribution in [2.24, 2.45) is 0 Å². The monoisotopic (exact) mass is 220 g/mol. The van der Waals surface area contributed by atoms with Crippen LogP contribution in [0.4, 0.5) is 5.82 Å². The molecule has 1 unspecified atom stereocenters. The molecule has 1 aromatic heterocycles. The van der Waals surface area contributed by atoms with Crippen molar-refractivity contribution in [1.29, 1.82) is 0 Å². The summed E-state index contributed by atoms with van der Waals surface area (Å²) in [6.45, 7) is 5.69. The molecule has 1 aliphatic rings. The number of hydrogen-bond acceptors (Lipinski definition) is 4. The lowest BCUT2D eigenvalue weighted by atomic mass is 9.94. The van der Waals surface area contributed by atoms with Gasteiger partial charge in [-0.3, -0.25) is 4.98 Å². The van der Waals surface area contributed by atoms with E-state index in [4.69, 9.17) is 0 Å². The molecule has 0 aromatic carbocycles. The third-order valence-electron chi connectivity index (χ3n) is 3.30. The highest BCUT2D eigenvalue weighted by atomic mass is 15.1. The van der Waals surface area contributed by atoms with Gasteiger partial charge in [-0.2, -0.15) is 0 Å². The van der Waals surface area contributed by atoms with Gasteiger partial charge in [-0.05, 0) is 25.9 Å². The topological polar surface area (TPSA) is 41.1 Å². The Labute approximate surface area is 97.1 Å². The van der Waals surface area contributed by atoms with Crippen molar-refractivity contribution in [2.45, 2.75) is 25.7 Å². The largest absolute Gasteiger partial charge is 0.372 e. The highest BCUT2D eigenvalue weighted by Gasteiger charge is 2.23. The van der Waals surface area contributed by atoms with Gasteiger partial charge in [0.15, 0.2) is 0 Å². The van der Waals surface area contributed by atoms with Gasteiger partial charge in [0.05, 0.1) is 5.69 Å². The van der Waals surface area contributed by atoms with E-state index in [1.165, 1.54) is 19.4 Å². The quantitative estimate of drug-likeness (QED) is 0.842. The van der Waals surface area contributed by atoms with E-state index in [0.717, 1.165) is 24.6 Å². The van der Waals surface area contributed by atoms with Gasteiger partial charge in [0.25, 0.3) is 0 Å². The van der Waals surface area contributed by atoms with Crippen LogP contribution in [0.3, 0.4) is 0 Å². The maximum atomic E-state index is 4.49. The number of rotatable bonds is 3. The lowest BCUT2D eigenvalue weighted by Crippen LogP contribution is -2.34. The highest BCUT2D eigenvalue weighted by molar-refractivity contribution is 5.41. The molecule has 0 aliphatic carbocycles. The molecular weight excluding hydrogens is 200 g/mol. The van der Waals surface area contributed by atoms with E-state index < -0.39 is 0 Å². The molecule has 2 rings (SSSR count).